The standard InChI is InChI=1S/C23H24N2O2S/c1-2-27-22(26)19-11-6-13-20(16-19)25-23(28)24-15-7-12-18-10-5-9-17-8-3-4-14-21(17)18/h3-6,8-11,13-14,16H,2,7,12,15H2,1H3,(H2,24,25,28). The van der Waals surface area contributed by atoms with Crippen LogP contribution in [0.4, 0.5) is 5.69 Å². The number of anilines is 1. The fraction of sp³-hybridized carbons (Fsp3) is 0.217. The Morgan fingerprint density at radius 2 is 1.82 bits per heavy atom. The lowest BCUT2D eigenvalue weighted by Gasteiger charge is -2.12. The molecule has 0 atom stereocenters. The zero-order chi connectivity index (χ0) is 19.8. The SMILES string of the molecule is CCOC(=O)c1cccc(NC(=S)NCCCc2cccc3ccccc23)c1. The molecule has 28 heavy (non-hydrogen) atoms. The first-order valence-electron chi connectivity index (χ1n) is 9.46. The van der Waals surface area contributed by atoms with Gasteiger partial charge in [-0.15, -0.1) is 0 Å². The molecule has 0 fully saturated rings. The Morgan fingerprint density at radius 3 is 2.68 bits per heavy atom. The Bertz CT molecular complexity index is 966. The fourth-order valence-electron chi connectivity index (χ4n) is 3.10. The van der Waals surface area contributed by atoms with Gasteiger partial charge in [-0.2, -0.15) is 0 Å². The summed E-state index contributed by atoms with van der Waals surface area (Å²) in [5.74, 6) is -0.333. The second kappa shape index (κ2) is 9.85. The van der Waals surface area contributed by atoms with Crippen LogP contribution in [0.25, 0.3) is 10.8 Å². The Morgan fingerprint density at radius 1 is 1.04 bits per heavy atom. The van der Waals surface area contributed by atoms with Crippen LogP contribution in [0.3, 0.4) is 0 Å². The molecule has 0 unspecified atom stereocenters. The largest absolute Gasteiger partial charge is 0.462 e. The Labute approximate surface area is 170 Å². The van der Waals surface area contributed by atoms with Crippen molar-refractivity contribution < 1.29 is 9.53 Å². The molecule has 3 rings (SSSR count). The van der Waals surface area contributed by atoms with E-state index in [1.807, 2.05) is 6.07 Å². The van der Waals surface area contributed by atoms with Crippen LogP contribution in [-0.2, 0) is 11.2 Å². The second-order valence-corrected chi connectivity index (χ2v) is 6.83. The van der Waals surface area contributed by atoms with Gasteiger partial charge >= 0.3 is 5.97 Å². The maximum absolute atomic E-state index is 11.8. The van der Waals surface area contributed by atoms with Gasteiger partial charge in [-0.25, -0.2) is 4.79 Å². The summed E-state index contributed by atoms with van der Waals surface area (Å²) in [6.07, 6.45) is 1.95. The van der Waals surface area contributed by atoms with E-state index in [0.717, 1.165) is 25.1 Å². The maximum atomic E-state index is 11.8. The minimum absolute atomic E-state index is 0.333. The van der Waals surface area contributed by atoms with Gasteiger partial charge in [-0.05, 0) is 66.5 Å². The number of ether oxygens (including phenoxy) is 1. The lowest BCUT2D eigenvalue weighted by atomic mass is 10.0. The quantitative estimate of drug-likeness (QED) is 0.339. The molecule has 2 N–H and O–H groups in total. The minimum Gasteiger partial charge on any atom is -0.462 e. The first-order chi connectivity index (χ1) is 13.7. The lowest BCUT2D eigenvalue weighted by Crippen LogP contribution is -2.29. The van der Waals surface area contributed by atoms with Crippen molar-refractivity contribution >= 4 is 39.8 Å². The molecule has 0 spiro atoms. The molecule has 0 amide bonds. The summed E-state index contributed by atoms with van der Waals surface area (Å²) in [5, 5.41) is 9.47. The van der Waals surface area contributed by atoms with Gasteiger partial charge in [0, 0.05) is 12.2 Å². The van der Waals surface area contributed by atoms with Crippen LogP contribution in [0.2, 0.25) is 0 Å². The van der Waals surface area contributed by atoms with Crippen LogP contribution >= 0.6 is 12.2 Å². The van der Waals surface area contributed by atoms with Crippen LogP contribution < -0.4 is 10.6 Å². The molecule has 0 aliphatic rings. The average molecular weight is 393 g/mol. The summed E-state index contributed by atoms with van der Waals surface area (Å²) in [6, 6.07) is 22.0. The number of nitrogens with one attached hydrogen (secondary N) is 2. The number of benzene rings is 3. The summed E-state index contributed by atoms with van der Waals surface area (Å²) < 4.78 is 5.02. The average Bonchev–Trinajstić information content (AvgIpc) is 2.71. The fourth-order valence-corrected chi connectivity index (χ4v) is 3.32. The highest BCUT2D eigenvalue weighted by atomic mass is 32.1. The third kappa shape index (κ3) is 5.30. The predicted octanol–water partition coefficient (Wildman–Crippen LogP) is 4.94. The van der Waals surface area contributed by atoms with Crippen molar-refractivity contribution in [2.24, 2.45) is 0 Å². The van der Waals surface area contributed by atoms with E-state index in [2.05, 4.69) is 53.1 Å². The number of fused-ring (bicyclic) bond motifs is 1. The molecule has 0 heterocycles. The molecule has 0 bridgehead atoms. The third-order valence-corrected chi connectivity index (χ3v) is 4.67. The normalized spacial score (nSPS) is 10.5. The van der Waals surface area contributed by atoms with Crippen molar-refractivity contribution in [3.63, 3.8) is 0 Å². The van der Waals surface area contributed by atoms with Crippen LogP contribution in [0.1, 0.15) is 29.3 Å². The van der Waals surface area contributed by atoms with Crippen molar-refractivity contribution in [2.75, 3.05) is 18.5 Å². The van der Waals surface area contributed by atoms with E-state index in [-0.39, 0.29) is 5.97 Å². The first-order valence-corrected chi connectivity index (χ1v) is 9.87. The molecule has 3 aromatic carbocycles. The highest BCUT2D eigenvalue weighted by Gasteiger charge is 2.07. The molecule has 0 saturated heterocycles. The Kier molecular flexibility index (Phi) is 6.98. The summed E-state index contributed by atoms with van der Waals surface area (Å²) in [6.45, 7) is 2.91. The van der Waals surface area contributed by atoms with Gasteiger partial charge < -0.3 is 15.4 Å². The zero-order valence-electron chi connectivity index (χ0n) is 15.9. The van der Waals surface area contributed by atoms with Crippen molar-refractivity contribution in [3.8, 4) is 0 Å². The molecule has 0 aromatic heterocycles. The Balaban J connectivity index is 1.48. The van der Waals surface area contributed by atoms with E-state index in [0.29, 0.717) is 17.3 Å². The van der Waals surface area contributed by atoms with Gasteiger partial charge in [0.2, 0.25) is 0 Å². The van der Waals surface area contributed by atoms with Gasteiger partial charge in [0.1, 0.15) is 0 Å². The van der Waals surface area contributed by atoms with Crippen molar-refractivity contribution in [1.82, 2.24) is 5.32 Å². The summed E-state index contributed by atoms with van der Waals surface area (Å²) in [4.78, 5) is 11.8. The molecular weight excluding hydrogens is 368 g/mol. The molecule has 0 aliphatic heterocycles. The van der Waals surface area contributed by atoms with Gasteiger partial charge in [0.25, 0.3) is 0 Å². The van der Waals surface area contributed by atoms with Crippen LogP contribution in [0, 0.1) is 0 Å². The molecule has 0 aliphatic carbocycles. The van der Waals surface area contributed by atoms with E-state index in [1.165, 1.54) is 16.3 Å². The molecule has 0 radical (unpaired) electrons. The minimum atomic E-state index is -0.333. The highest BCUT2D eigenvalue weighted by molar-refractivity contribution is 7.80. The maximum Gasteiger partial charge on any atom is 0.338 e. The van der Waals surface area contributed by atoms with Crippen LogP contribution in [0.15, 0.2) is 66.7 Å². The van der Waals surface area contributed by atoms with E-state index in [9.17, 15) is 4.79 Å². The van der Waals surface area contributed by atoms with E-state index < -0.39 is 0 Å². The summed E-state index contributed by atoms with van der Waals surface area (Å²) in [5.41, 5.74) is 2.61. The number of thiocarbonyl (C=S) groups is 1. The van der Waals surface area contributed by atoms with E-state index in [1.54, 1.807) is 25.1 Å². The van der Waals surface area contributed by atoms with E-state index >= 15 is 0 Å². The second-order valence-electron chi connectivity index (χ2n) is 6.42. The number of rotatable bonds is 7. The first kappa shape index (κ1) is 19.8. The van der Waals surface area contributed by atoms with Gasteiger partial charge in [0.05, 0.1) is 12.2 Å². The molecule has 4 nitrogen and oxygen atoms in total. The number of esters is 1. The zero-order valence-corrected chi connectivity index (χ0v) is 16.7. The smallest absolute Gasteiger partial charge is 0.338 e. The lowest BCUT2D eigenvalue weighted by molar-refractivity contribution is 0.0526. The van der Waals surface area contributed by atoms with E-state index in [4.69, 9.17) is 17.0 Å². The molecular formula is C23H24N2O2S. The Hall–Kier alpha value is -2.92. The number of aryl methyl sites for hydroxylation is 1. The van der Waals surface area contributed by atoms with Crippen molar-refractivity contribution in [3.05, 3.63) is 77.9 Å². The van der Waals surface area contributed by atoms with Crippen LogP contribution in [-0.4, -0.2) is 24.2 Å². The number of hydrogen-bond acceptors (Lipinski definition) is 3. The molecule has 3 aromatic rings. The number of carbonyl (C=O) groups is 1. The molecule has 0 saturated carbocycles. The van der Waals surface area contributed by atoms with Crippen molar-refractivity contribution in [2.45, 2.75) is 19.8 Å². The van der Waals surface area contributed by atoms with Gasteiger partial charge in [-0.1, -0.05) is 48.5 Å². The van der Waals surface area contributed by atoms with Gasteiger partial charge in [0.15, 0.2) is 5.11 Å². The summed E-state index contributed by atoms with van der Waals surface area (Å²) >= 11 is 5.36. The van der Waals surface area contributed by atoms with Gasteiger partial charge in [-0.3, -0.25) is 0 Å². The third-order valence-electron chi connectivity index (χ3n) is 4.42. The predicted molar refractivity (Wildman–Crippen MR) is 119 cm³/mol. The highest BCUT2D eigenvalue weighted by Crippen LogP contribution is 2.19. The monoisotopic (exact) mass is 392 g/mol. The molecule has 5 heteroatoms. The van der Waals surface area contributed by atoms with Crippen LogP contribution in [0.5, 0.6) is 0 Å². The summed E-state index contributed by atoms with van der Waals surface area (Å²) in [7, 11) is 0. The number of carbonyl (C=O) groups excluding carboxylic acids is 1. The number of hydrogen-bond donors (Lipinski definition) is 2. The topological polar surface area (TPSA) is 50.4 Å². The van der Waals surface area contributed by atoms with Crippen molar-refractivity contribution in [1.29, 1.82) is 0 Å². The molecule has 144 valence electrons.